The average Bonchev–Trinajstić information content (AvgIpc) is 2.91. The van der Waals surface area contributed by atoms with Gasteiger partial charge in [0.1, 0.15) is 0 Å². The van der Waals surface area contributed by atoms with Crippen molar-refractivity contribution in [3.05, 3.63) is 63.1 Å². The first-order valence-electron chi connectivity index (χ1n) is 13.8. The molecule has 11 heteroatoms. The minimum atomic E-state index is -4.44. The van der Waals surface area contributed by atoms with Crippen molar-refractivity contribution in [2.75, 3.05) is 57.3 Å². The number of anilines is 1. The summed E-state index contributed by atoms with van der Waals surface area (Å²) in [5.41, 5.74) is 7.80. The normalized spacial score (nSPS) is 18.7. The van der Waals surface area contributed by atoms with Gasteiger partial charge in [-0.15, -0.1) is 0 Å². The molecule has 2 aromatic rings. The molecule has 40 heavy (non-hydrogen) atoms. The molecule has 220 valence electrons. The monoisotopic (exact) mass is 599 g/mol. The molecular weight excluding hydrogens is 562 g/mol. The highest BCUT2D eigenvalue weighted by Crippen LogP contribution is 2.36. The quantitative estimate of drug-likeness (QED) is 0.435. The number of nitrogens with one attached hydrogen (secondary N) is 1. The Morgan fingerprint density at radius 3 is 2.27 bits per heavy atom. The second-order valence-electron chi connectivity index (χ2n) is 11.1. The minimum absolute atomic E-state index is 0.0386. The summed E-state index contributed by atoms with van der Waals surface area (Å²) < 4.78 is 40.5. The lowest BCUT2D eigenvalue weighted by Gasteiger charge is -2.41. The molecule has 3 N–H and O–H groups in total. The summed E-state index contributed by atoms with van der Waals surface area (Å²) in [6.07, 6.45) is -3.39. The van der Waals surface area contributed by atoms with E-state index in [0.717, 1.165) is 37.8 Å². The summed E-state index contributed by atoms with van der Waals surface area (Å²) in [6, 6.07) is 8.31. The summed E-state index contributed by atoms with van der Waals surface area (Å²) in [6.45, 7) is 9.08. The van der Waals surface area contributed by atoms with Crippen LogP contribution in [0.25, 0.3) is 0 Å². The van der Waals surface area contributed by atoms with Crippen molar-refractivity contribution in [2.24, 2.45) is 11.7 Å². The van der Waals surface area contributed by atoms with Gasteiger partial charge in [-0.25, -0.2) is 0 Å². The van der Waals surface area contributed by atoms with E-state index < -0.39 is 17.8 Å². The molecule has 2 aromatic carbocycles. The number of hydrogen-bond donors (Lipinski definition) is 2. The Morgan fingerprint density at radius 1 is 1.00 bits per heavy atom. The van der Waals surface area contributed by atoms with Gasteiger partial charge in [-0.05, 0) is 60.2 Å². The van der Waals surface area contributed by atoms with Crippen molar-refractivity contribution < 1.29 is 18.0 Å². The van der Waals surface area contributed by atoms with Crippen LogP contribution in [0.1, 0.15) is 43.0 Å². The fourth-order valence-electron chi connectivity index (χ4n) is 5.59. The van der Waals surface area contributed by atoms with Crippen LogP contribution in [0.4, 0.5) is 18.9 Å². The van der Waals surface area contributed by atoms with Crippen molar-refractivity contribution in [3.8, 4) is 0 Å². The molecule has 4 rings (SSSR count). The number of alkyl halides is 3. The zero-order valence-corrected chi connectivity index (χ0v) is 24.5. The van der Waals surface area contributed by atoms with Crippen LogP contribution in [-0.2, 0) is 17.4 Å². The number of piperazine rings is 2. The van der Waals surface area contributed by atoms with Crippen molar-refractivity contribution in [1.29, 1.82) is 0 Å². The molecule has 2 atom stereocenters. The van der Waals surface area contributed by atoms with Crippen molar-refractivity contribution >= 4 is 34.8 Å². The highest BCUT2D eigenvalue weighted by molar-refractivity contribution is 6.35. The van der Waals surface area contributed by atoms with Crippen LogP contribution >= 0.6 is 23.2 Å². The van der Waals surface area contributed by atoms with E-state index in [1.54, 1.807) is 12.1 Å². The SMILES string of the molecule is CC(C)CC(N)c1cc(C(F)(F)F)ccc1N1CCN(C(=O)C(Cc2ccc(Cl)cc2Cl)N2CCNCC2)CC1. The maximum absolute atomic E-state index is 13.9. The van der Waals surface area contributed by atoms with Crippen LogP contribution in [0, 0.1) is 5.92 Å². The van der Waals surface area contributed by atoms with E-state index in [1.165, 1.54) is 12.1 Å². The Kier molecular flexibility index (Phi) is 10.3. The molecule has 0 aromatic heterocycles. The Balaban J connectivity index is 1.51. The van der Waals surface area contributed by atoms with Crippen molar-refractivity contribution in [2.45, 2.75) is 44.9 Å². The van der Waals surface area contributed by atoms with Crippen LogP contribution in [-0.4, -0.2) is 74.1 Å². The molecule has 0 bridgehead atoms. The van der Waals surface area contributed by atoms with Gasteiger partial charge in [0, 0.05) is 74.1 Å². The van der Waals surface area contributed by atoms with E-state index in [9.17, 15) is 18.0 Å². The number of carbonyl (C=O) groups excluding carboxylic acids is 1. The summed E-state index contributed by atoms with van der Waals surface area (Å²) in [7, 11) is 0. The lowest BCUT2D eigenvalue weighted by atomic mass is 9.94. The average molecular weight is 601 g/mol. The number of hydrogen-bond acceptors (Lipinski definition) is 5. The lowest BCUT2D eigenvalue weighted by molar-refractivity contribution is -0.138. The van der Waals surface area contributed by atoms with Gasteiger partial charge in [0.15, 0.2) is 0 Å². The largest absolute Gasteiger partial charge is 0.416 e. The number of benzene rings is 2. The predicted molar refractivity (Wildman–Crippen MR) is 155 cm³/mol. The van der Waals surface area contributed by atoms with Crippen LogP contribution in [0.15, 0.2) is 36.4 Å². The molecule has 0 radical (unpaired) electrons. The Labute approximate surface area is 244 Å². The summed E-state index contributed by atoms with van der Waals surface area (Å²) in [5, 5.41) is 4.42. The number of halogens is 5. The molecule has 2 aliphatic heterocycles. The number of nitrogens with two attached hydrogens (primary N) is 1. The Hall–Kier alpha value is -2.04. The zero-order valence-electron chi connectivity index (χ0n) is 23.0. The third kappa shape index (κ3) is 7.62. The van der Waals surface area contributed by atoms with Gasteiger partial charge < -0.3 is 20.9 Å². The van der Waals surface area contributed by atoms with E-state index in [-0.39, 0.29) is 17.9 Å². The minimum Gasteiger partial charge on any atom is -0.368 e. The smallest absolute Gasteiger partial charge is 0.368 e. The second kappa shape index (κ2) is 13.3. The first kappa shape index (κ1) is 30.9. The van der Waals surface area contributed by atoms with Crippen LogP contribution < -0.4 is 16.0 Å². The molecule has 6 nitrogen and oxygen atoms in total. The fourth-order valence-corrected chi connectivity index (χ4v) is 6.08. The van der Waals surface area contributed by atoms with Gasteiger partial charge in [0.2, 0.25) is 5.91 Å². The molecule has 2 fully saturated rings. The van der Waals surface area contributed by atoms with E-state index >= 15 is 0 Å². The van der Waals surface area contributed by atoms with Gasteiger partial charge in [-0.1, -0.05) is 43.1 Å². The van der Waals surface area contributed by atoms with Gasteiger partial charge in [0.05, 0.1) is 11.6 Å². The van der Waals surface area contributed by atoms with E-state index in [4.69, 9.17) is 28.9 Å². The standard InChI is InChI=1S/C29H38Cl2F3N5O/c1-19(2)15-25(35)23-17-21(29(32,33)34)4-6-26(23)38-11-13-39(14-12-38)28(40)27(37-9-7-36-8-10-37)16-20-3-5-22(30)18-24(20)31/h3-6,17-19,25,27,36H,7-16,35H2,1-2H3. The molecule has 0 aliphatic carbocycles. The van der Waals surface area contributed by atoms with E-state index in [1.807, 2.05) is 24.8 Å². The van der Waals surface area contributed by atoms with Crippen molar-refractivity contribution in [3.63, 3.8) is 0 Å². The molecular formula is C29H38Cl2F3N5O. The molecule has 2 aliphatic rings. The maximum atomic E-state index is 13.9. The van der Waals surface area contributed by atoms with Gasteiger partial charge >= 0.3 is 6.18 Å². The van der Waals surface area contributed by atoms with E-state index in [0.29, 0.717) is 60.3 Å². The van der Waals surface area contributed by atoms with Crippen molar-refractivity contribution in [1.82, 2.24) is 15.1 Å². The van der Waals surface area contributed by atoms with Gasteiger partial charge in [-0.3, -0.25) is 9.69 Å². The third-order valence-electron chi connectivity index (χ3n) is 7.72. The molecule has 0 saturated carbocycles. The second-order valence-corrected chi connectivity index (χ2v) is 11.9. The number of nitrogens with zero attached hydrogens (tertiary/aromatic N) is 3. The summed E-state index contributed by atoms with van der Waals surface area (Å²) in [5.74, 6) is 0.277. The molecule has 2 saturated heterocycles. The molecule has 2 heterocycles. The highest BCUT2D eigenvalue weighted by Gasteiger charge is 2.35. The summed E-state index contributed by atoms with van der Waals surface area (Å²) >= 11 is 12.6. The van der Waals surface area contributed by atoms with Crippen LogP contribution in [0.2, 0.25) is 10.0 Å². The fraction of sp³-hybridized carbons (Fsp3) is 0.552. The Bertz CT molecular complexity index is 1160. The number of amides is 1. The van der Waals surface area contributed by atoms with Gasteiger partial charge in [-0.2, -0.15) is 13.2 Å². The molecule has 0 spiro atoms. The van der Waals surface area contributed by atoms with Crippen LogP contribution in [0.5, 0.6) is 0 Å². The topological polar surface area (TPSA) is 64.8 Å². The third-order valence-corrected chi connectivity index (χ3v) is 8.30. The van der Waals surface area contributed by atoms with Gasteiger partial charge in [0.25, 0.3) is 0 Å². The number of rotatable bonds is 8. The predicted octanol–water partition coefficient (Wildman–Crippen LogP) is 5.22. The van der Waals surface area contributed by atoms with E-state index in [2.05, 4.69) is 15.1 Å². The zero-order chi connectivity index (χ0) is 29.0. The molecule has 1 amide bonds. The lowest BCUT2D eigenvalue weighted by Crippen LogP contribution is -2.58. The number of carbonyl (C=O) groups is 1. The highest BCUT2D eigenvalue weighted by atomic mass is 35.5. The Morgan fingerprint density at radius 2 is 1.68 bits per heavy atom. The molecule has 2 unspecified atom stereocenters. The first-order chi connectivity index (χ1) is 18.9. The summed E-state index contributed by atoms with van der Waals surface area (Å²) in [4.78, 5) is 20.0. The maximum Gasteiger partial charge on any atom is 0.416 e. The first-order valence-corrected chi connectivity index (χ1v) is 14.6. The van der Waals surface area contributed by atoms with Crippen LogP contribution in [0.3, 0.4) is 0 Å².